The molecule has 0 saturated carbocycles. The van der Waals surface area contributed by atoms with Gasteiger partial charge in [-0.1, -0.05) is 41.4 Å². The molecule has 1 aliphatic rings. The molecule has 25 heavy (non-hydrogen) atoms. The van der Waals surface area contributed by atoms with E-state index >= 15 is 0 Å². The topological polar surface area (TPSA) is 72.7 Å². The normalized spacial score (nSPS) is 12.1. The van der Waals surface area contributed by atoms with E-state index in [0.29, 0.717) is 11.4 Å². The molecule has 0 amide bonds. The molecule has 0 spiro atoms. The van der Waals surface area contributed by atoms with Crippen molar-refractivity contribution in [3.05, 3.63) is 76.8 Å². The molecule has 7 heteroatoms. The number of aromatic hydroxyl groups is 1. The zero-order valence-electron chi connectivity index (χ0n) is 13.3. The van der Waals surface area contributed by atoms with Gasteiger partial charge in [0.25, 0.3) is 0 Å². The second-order valence-corrected chi connectivity index (χ2v) is 5.48. The molecule has 0 atom stereocenters. The second-order valence-electron chi connectivity index (χ2n) is 4.67. The largest absolute Gasteiger partial charge is 1.00 e. The number of hydrogen-bond acceptors (Lipinski definition) is 4. The maximum absolute atomic E-state index is 10.8. The van der Waals surface area contributed by atoms with Gasteiger partial charge in [-0.05, 0) is 48.6 Å². The fraction of sp³-hybridized carbons (Fsp3) is 0. The Morgan fingerprint density at radius 2 is 1.40 bits per heavy atom. The first-order chi connectivity index (χ1) is 11.5. The molecule has 1 N–H and O–H groups in total. The summed E-state index contributed by atoms with van der Waals surface area (Å²) in [5.74, 6) is -0.131. The number of phenols is 1. The van der Waals surface area contributed by atoms with E-state index < -0.39 is 0 Å². The van der Waals surface area contributed by atoms with Crippen molar-refractivity contribution in [1.29, 1.82) is 0 Å². The van der Waals surface area contributed by atoms with E-state index in [1.54, 1.807) is 42.5 Å². The van der Waals surface area contributed by atoms with Crippen molar-refractivity contribution in [2.75, 3.05) is 0 Å². The number of carbonyl (C=O) groups excluding carboxylic acids is 1. The zero-order valence-corrected chi connectivity index (χ0v) is 16.8. The second kappa shape index (κ2) is 10.4. The van der Waals surface area contributed by atoms with Gasteiger partial charge in [-0.25, -0.2) is 4.99 Å². The molecule has 0 aliphatic heterocycles. The minimum absolute atomic E-state index is 0. The first-order valence-corrected chi connectivity index (χ1v) is 7.60. The van der Waals surface area contributed by atoms with E-state index in [0.717, 1.165) is 0 Å². The Bertz CT molecular complexity index is 792. The van der Waals surface area contributed by atoms with E-state index in [4.69, 9.17) is 28.3 Å². The average molecular weight is 384 g/mol. The standard InChI is InChI=1S/C12H9NO2.C6H4Cl2O.Na/c14-11-5-1-9(2-6-11)13-10-3-7-12(15)8-4-10;7-4-2-1-3-5(8)6(4)9;/h1-8,14H;1-3,9H;/q;;+1/p-1. The number of halogens is 2. The quantitative estimate of drug-likeness (QED) is 0.594. The summed E-state index contributed by atoms with van der Waals surface area (Å²) in [7, 11) is 0. The smallest absolute Gasteiger partial charge is 0.872 e. The molecule has 0 bridgehead atoms. The minimum atomic E-state index is -0.0548. The Morgan fingerprint density at radius 3 is 1.88 bits per heavy atom. The van der Waals surface area contributed by atoms with E-state index in [9.17, 15) is 9.90 Å². The SMILES string of the molecule is O=C1C=CC(=Nc2ccc([O-])cc2)C=C1.Oc1c(Cl)cccc1Cl.[Na+]. The van der Waals surface area contributed by atoms with Crippen molar-refractivity contribution in [2.45, 2.75) is 0 Å². The molecule has 0 fully saturated rings. The fourth-order valence-corrected chi connectivity index (χ4v) is 2.08. The van der Waals surface area contributed by atoms with Crippen LogP contribution in [0.15, 0.2) is 71.8 Å². The number of para-hydroxylation sites is 1. The first-order valence-electron chi connectivity index (χ1n) is 6.84. The van der Waals surface area contributed by atoms with Crippen LogP contribution in [-0.4, -0.2) is 16.6 Å². The molecule has 2 aromatic rings. The Morgan fingerprint density at radius 1 is 0.880 bits per heavy atom. The van der Waals surface area contributed by atoms with E-state index in [1.165, 1.54) is 24.3 Å². The monoisotopic (exact) mass is 383 g/mol. The van der Waals surface area contributed by atoms with Gasteiger partial charge in [0, 0.05) is 0 Å². The van der Waals surface area contributed by atoms with Crippen LogP contribution in [0.1, 0.15) is 0 Å². The predicted octanol–water partition coefficient (Wildman–Crippen LogP) is 1.23. The van der Waals surface area contributed by atoms with Crippen LogP contribution in [0.2, 0.25) is 10.0 Å². The number of allylic oxidation sites excluding steroid dienone is 4. The average Bonchev–Trinajstić information content (AvgIpc) is 2.57. The van der Waals surface area contributed by atoms with Crippen molar-refractivity contribution in [1.82, 2.24) is 0 Å². The number of benzene rings is 2. The summed E-state index contributed by atoms with van der Waals surface area (Å²) in [5.41, 5.74) is 1.40. The number of aliphatic imine (C=N–C) groups is 1. The summed E-state index contributed by atoms with van der Waals surface area (Å²) in [4.78, 5) is 15.1. The zero-order chi connectivity index (χ0) is 17.5. The van der Waals surface area contributed by atoms with Crippen LogP contribution in [0.3, 0.4) is 0 Å². The van der Waals surface area contributed by atoms with Gasteiger partial charge in [0.15, 0.2) is 11.5 Å². The molecule has 0 heterocycles. The number of rotatable bonds is 1. The van der Waals surface area contributed by atoms with Crippen molar-refractivity contribution >= 4 is 40.4 Å². The van der Waals surface area contributed by atoms with Gasteiger partial charge in [-0.2, -0.15) is 0 Å². The molecule has 122 valence electrons. The van der Waals surface area contributed by atoms with Crippen molar-refractivity contribution < 1.29 is 44.6 Å². The van der Waals surface area contributed by atoms with Gasteiger partial charge in [-0.3, -0.25) is 4.79 Å². The molecule has 0 unspecified atom stereocenters. The number of hydrogen-bond donors (Lipinski definition) is 1. The minimum Gasteiger partial charge on any atom is -0.872 e. The summed E-state index contributed by atoms with van der Waals surface area (Å²) >= 11 is 11.0. The molecule has 1 aliphatic carbocycles. The van der Waals surface area contributed by atoms with Crippen LogP contribution in [0.25, 0.3) is 0 Å². The number of ketones is 1. The van der Waals surface area contributed by atoms with Gasteiger partial charge in [-0.15, -0.1) is 5.75 Å². The number of phenolic OH excluding ortho intramolecular Hbond substituents is 1. The molecule has 2 aromatic carbocycles. The van der Waals surface area contributed by atoms with Crippen LogP contribution in [-0.2, 0) is 4.79 Å². The van der Waals surface area contributed by atoms with Crippen molar-refractivity contribution in [2.24, 2.45) is 4.99 Å². The Hall–Kier alpha value is -1.56. The van der Waals surface area contributed by atoms with Gasteiger partial charge >= 0.3 is 29.6 Å². The summed E-state index contributed by atoms with van der Waals surface area (Å²) in [6, 6.07) is 11.0. The van der Waals surface area contributed by atoms with Gasteiger partial charge in [0.2, 0.25) is 0 Å². The summed E-state index contributed by atoms with van der Waals surface area (Å²) in [6.07, 6.45) is 6.21. The number of nitrogens with zero attached hydrogens (tertiary/aromatic N) is 1. The third-order valence-electron chi connectivity index (χ3n) is 2.87. The summed E-state index contributed by atoms with van der Waals surface area (Å²) in [5, 5.41) is 20.3. The van der Waals surface area contributed by atoms with Crippen molar-refractivity contribution in [3.63, 3.8) is 0 Å². The van der Waals surface area contributed by atoms with Crippen LogP contribution >= 0.6 is 23.2 Å². The summed E-state index contributed by atoms with van der Waals surface area (Å²) < 4.78 is 0. The Labute approximate surface area is 177 Å². The maximum atomic E-state index is 10.8. The van der Waals surface area contributed by atoms with E-state index in [1.807, 2.05) is 0 Å². The van der Waals surface area contributed by atoms with Gasteiger partial charge in [0.05, 0.1) is 21.4 Å². The van der Waals surface area contributed by atoms with Crippen LogP contribution in [0.5, 0.6) is 11.5 Å². The van der Waals surface area contributed by atoms with Gasteiger partial charge in [0.1, 0.15) is 0 Å². The third-order valence-corrected chi connectivity index (χ3v) is 3.48. The molecule has 0 radical (unpaired) electrons. The fourth-order valence-electron chi connectivity index (χ4n) is 1.68. The van der Waals surface area contributed by atoms with E-state index in [-0.39, 0.29) is 56.9 Å². The van der Waals surface area contributed by atoms with Gasteiger partial charge < -0.3 is 10.2 Å². The molecule has 4 nitrogen and oxygen atoms in total. The molecule has 0 saturated heterocycles. The van der Waals surface area contributed by atoms with Crippen LogP contribution in [0.4, 0.5) is 5.69 Å². The molecule has 0 aromatic heterocycles. The number of carbonyl (C=O) groups is 1. The molecular weight excluding hydrogens is 372 g/mol. The maximum Gasteiger partial charge on any atom is 1.00 e. The molecular formula is C18H12Cl2NNaO3. The van der Waals surface area contributed by atoms with Crippen LogP contribution < -0.4 is 34.7 Å². The Kier molecular flexibility index (Phi) is 8.97. The van der Waals surface area contributed by atoms with Crippen LogP contribution in [0, 0.1) is 0 Å². The third kappa shape index (κ3) is 7.06. The summed E-state index contributed by atoms with van der Waals surface area (Å²) in [6.45, 7) is 0. The Balaban J connectivity index is 0.000000270. The van der Waals surface area contributed by atoms with Crippen molar-refractivity contribution in [3.8, 4) is 11.5 Å². The first kappa shape index (κ1) is 21.5. The van der Waals surface area contributed by atoms with E-state index in [2.05, 4.69) is 4.99 Å². The molecule has 3 rings (SSSR count). The predicted molar refractivity (Wildman–Crippen MR) is 94.4 cm³/mol.